The maximum atomic E-state index is 10.4. The lowest BCUT2D eigenvalue weighted by Gasteiger charge is -2.03. The van der Waals surface area contributed by atoms with Crippen LogP contribution in [0.1, 0.15) is 12.5 Å². The Kier molecular flexibility index (Phi) is 5.54. The van der Waals surface area contributed by atoms with E-state index in [0.717, 1.165) is 17.0 Å². The van der Waals surface area contributed by atoms with Gasteiger partial charge in [0.2, 0.25) is 0 Å². The third kappa shape index (κ3) is 4.94. The first-order valence-electron chi connectivity index (χ1n) is 6.89. The highest BCUT2D eigenvalue weighted by Gasteiger charge is 1.98. The lowest BCUT2D eigenvalue weighted by molar-refractivity contribution is -0.139. The molecule has 0 heterocycles. The fraction of sp³-hybridized carbons (Fsp3) is 0.176. The minimum absolute atomic E-state index is 0.348. The predicted octanol–water partition coefficient (Wildman–Crippen LogP) is 3.30. The lowest BCUT2D eigenvalue weighted by Crippen LogP contribution is -2.09. The highest BCUT2D eigenvalue weighted by molar-refractivity contribution is 5.82. The molecule has 2 rings (SSSR count). The second-order valence-corrected chi connectivity index (χ2v) is 4.44. The first kappa shape index (κ1) is 15.6. The van der Waals surface area contributed by atoms with Crippen LogP contribution in [0.2, 0.25) is 0 Å². The molecular weight excluding hydrogens is 282 g/mol. The molecule has 0 aliphatic rings. The van der Waals surface area contributed by atoms with Crippen molar-refractivity contribution in [2.75, 3.05) is 13.2 Å². The van der Waals surface area contributed by atoms with Crippen LogP contribution in [0.15, 0.2) is 53.5 Å². The van der Waals surface area contributed by atoms with Crippen LogP contribution in [-0.4, -0.2) is 30.5 Å². The summed E-state index contributed by atoms with van der Waals surface area (Å²) in [6.07, 6.45) is 1.73. The number of carboxylic acids is 1. The van der Waals surface area contributed by atoms with Crippen LogP contribution in [-0.2, 0) is 4.79 Å². The number of aliphatic imine (C=N–C) groups is 1. The van der Waals surface area contributed by atoms with E-state index < -0.39 is 5.97 Å². The Bertz CT molecular complexity index is 633. The third-order valence-electron chi connectivity index (χ3n) is 2.75. The zero-order valence-electron chi connectivity index (χ0n) is 12.2. The van der Waals surface area contributed by atoms with Crippen molar-refractivity contribution in [1.82, 2.24) is 0 Å². The summed E-state index contributed by atoms with van der Waals surface area (Å²) in [4.78, 5) is 14.8. The summed E-state index contributed by atoms with van der Waals surface area (Å²) in [5.41, 5.74) is 1.73. The third-order valence-corrected chi connectivity index (χ3v) is 2.75. The largest absolute Gasteiger partial charge is 0.494 e. The number of carbonyl (C=O) groups is 1. The van der Waals surface area contributed by atoms with Gasteiger partial charge in [-0.05, 0) is 61.0 Å². The summed E-state index contributed by atoms with van der Waals surface area (Å²) in [6, 6.07) is 14.6. The molecule has 5 heteroatoms. The molecular formula is C17H17NO4. The van der Waals surface area contributed by atoms with Crippen LogP contribution >= 0.6 is 0 Å². The summed E-state index contributed by atoms with van der Waals surface area (Å²) in [6.45, 7) is 2.23. The highest BCUT2D eigenvalue weighted by Crippen LogP contribution is 2.18. The van der Waals surface area contributed by atoms with E-state index in [-0.39, 0.29) is 6.61 Å². The summed E-state index contributed by atoms with van der Waals surface area (Å²) in [5.74, 6) is 0.336. The lowest BCUT2D eigenvalue weighted by atomic mass is 10.2. The first-order chi connectivity index (χ1) is 10.7. The zero-order valence-corrected chi connectivity index (χ0v) is 12.2. The number of hydrogen-bond acceptors (Lipinski definition) is 4. The second-order valence-electron chi connectivity index (χ2n) is 4.44. The van der Waals surface area contributed by atoms with E-state index in [2.05, 4.69) is 4.99 Å². The average Bonchev–Trinajstić information content (AvgIpc) is 2.53. The van der Waals surface area contributed by atoms with E-state index in [9.17, 15) is 4.79 Å². The van der Waals surface area contributed by atoms with E-state index in [0.29, 0.717) is 12.4 Å². The monoisotopic (exact) mass is 299 g/mol. The Balaban J connectivity index is 1.96. The van der Waals surface area contributed by atoms with Crippen molar-refractivity contribution in [2.45, 2.75) is 6.92 Å². The predicted molar refractivity (Wildman–Crippen MR) is 84.4 cm³/mol. The summed E-state index contributed by atoms with van der Waals surface area (Å²) >= 11 is 0. The molecule has 0 aromatic heterocycles. The summed E-state index contributed by atoms with van der Waals surface area (Å²) in [5, 5.41) is 8.54. The second kappa shape index (κ2) is 7.83. The number of nitrogens with zero attached hydrogens (tertiary/aromatic N) is 1. The molecule has 2 aromatic rings. The Morgan fingerprint density at radius 2 is 1.64 bits per heavy atom. The number of benzene rings is 2. The maximum Gasteiger partial charge on any atom is 0.341 e. The number of aliphatic carboxylic acids is 1. The van der Waals surface area contributed by atoms with Crippen LogP contribution in [0, 0.1) is 0 Å². The minimum Gasteiger partial charge on any atom is -0.494 e. The van der Waals surface area contributed by atoms with E-state index in [1.54, 1.807) is 18.3 Å². The maximum absolute atomic E-state index is 10.4. The molecule has 0 bridgehead atoms. The van der Waals surface area contributed by atoms with Crippen molar-refractivity contribution in [3.8, 4) is 11.5 Å². The topological polar surface area (TPSA) is 68.1 Å². The Hall–Kier alpha value is -2.82. The molecule has 0 spiro atoms. The van der Waals surface area contributed by atoms with Crippen LogP contribution in [0.4, 0.5) is 5.69 Å². The molecule has 0 fully saturated rings. The molecule has 5 nitrogen and oxygen atoms in total. The van der Waals surface area contributed by atoms with Gasteiger partial charge in [0.05, 0.1) is 12.3 Å². The van der Waals surface area contributed by atoms with E-state index in [1.165, 1.54) is 0 Å². The van der Waals surface area contributed by atoms with Gasteiger partial charge in [0.1, 0.15) is 11.5 Å². The zero-order chi connectivity index (χ0) is 15.8. The van der Waals surface area contributed by atoms with E-state index in [4.69, 9.17) is 14.6 Å². The summed E-state index contributed by atoms with van der Waals surface area (Å²) in [7, 11) is 0. The van der Waals surface area contributed by atoms with Crippen molar-refractivity contribution >= 4 is 17.9 Å². The molecule has 22 heavy (non-hydrogen) atoms. The molecule has 0 aliphatic carbocycles. The van der Waals surface area contributed by atoms with Gasteiger partial charge in [0.15, 0.2) is 6.61 Å². The quantitative estimate of drug-likeness (QED) is 0.796. The normalized spacial score (nSPS) is 10.6. The Labute approximate surface area is 128 Å². The highest BCUT2D eigenvalue weighted by atomic mass is 16.5. The van der Waals surface area contributed by atoms with Gasteiger partial charge in [-0.25, -0.2) is 4.79 Å². The van der Waals surface area contributed by atoms with Crippen molar-refractivity contribution in [2.24, 2.45) is 4.99 Å². The molecule has 0 atom stereocenters. The minimum atomic E-state index is -0.999. The molecule has 0 saturated heterocycles. The van der Waals surface area contributed by atoms with Crippen LogP contribution in [0.3, 0.4) is 0 Å². The average molecular weight is 299 g/mol. The molecule has 0 amide bonds. The SMILES string of the molecule is CCOc1ccc(N=Cc2ccc(OCC(=O)O)cc2)cc1. The van der Waals surface area contributed by atoms with Crippen LogP contribution < -0.4 is 9.47 Å². The first-order valence-corrected chi connectivity index (χ1v) is 6.89. The van der Waals surface area contributed by atoms with Crippen molar-refractivity contribution in [1.29, 1.82) is 0 Å². The molecule has 0 aliphatic heterocycles. The molecule has 0 saturated carbocycles. The molecule has 2 aromatic carbocycles. The van der Waals surface area contributed by atoms with E-state index >= 15 is 0 Å². The standard InChI is InChI=1S/C17H17NO4/c1-2-21-15-9-5-14(6-10-15)18-11-13-3-7-16(8-4-13)22-12-17(19)20/h3-11H,2,12H2,1H3,(H,19,20). The molecule has 114 valence electrons. The van der Waals surface area contributed by atoms with Gasteiger partial charge >= 0.3 is 5.97 Å². The van der Waals surface area contributed by atoms with Crippen molar-refractivity contribution < 1.29 is 19.4 Å². The number of hydrogen-bond donors (Lipinski definition) is 1. The Morgan fingerprint density at radius 3 is 2.23 bits per heavy atom. The van der Waals surface area contributed by atoms with Gasteiger partial charge in [0.25, 0.3) is 0 Å². The fourth-order valence-corrected chi connectivity index (χ4v) is 1.74. The van der Waals surface area contributed by atoms with Gasteiger partial charge in [-0.2, -0.15) is 0 Å². The molecule has 0 unspecified atom stereocenters. The number of carboxylic acid groups (broad SMARTS) is 1. The molecule has 1 N–H and O–H groups in total. The Morgan fingerprint density at radius 1 is 1.05 bits per heavy atom. The summed E-state index contributed by atoms with van der Waals surface area (Å²) < 4.78 is 10.4. The van der Waals surface area contributed by atoms with Gasteiger partial charge < -0.3 is 14.6 Å². The number of ether oxygens (including phenoxy) is 2. The molecule has 0 radical (unpaired) electrons. The van der Waals surface area contributed by atoms with Gasteiger partial charge in [0, 0.05) is 6.21 Å². The smallest absolute Gasteiger partial charge is 0.341 e. The van der Waals surface area contributed by atoms with Gasteiger partial charge in [-0.1, -0.05) is 0 Å². The van der Waals surface area contributed by atoms with Crippen LogP contribution in [0.25, 0.3) is 0 Å². The van der Waals surface area contributed by atoms with Gasteiger partial charge in [-0.3, -0.25) is 4.99 Å². The fourth-order valence-electron chi connectivity index (χ4n) is 1.74. The number of rotatable bonds is 7. The van der Waals surface area contributed by atoms with Crippen LogP contribution in [0.5, 0.6) is 11.5 Å². The van der Waals surface area contributed by atoms with Crippen molar-refractivity contribution in [3.63, 3.8) is 0 Å². The van der Waals surface area contributed by atoms with Gasteiger partial charge in [-0.15, -0.1) is 0 Å². The van der Waals surface area contributed by atoms with E-state index in [1.807, 2.05) is 43.3 Å². The van der Waals surface area contributed by atoms with Crippen molar-refractivity contribution in [3.05, 3.63) is 54.1 Å².